The monoisotopic (exact) mass is 289 g/mol. The van der Waals surface area contributed by atoms with Crippen LogP contribution in [0.3, 0.4) is 0 Å². The van der Waals surface area contributed by atoms with Crippen molar-refractivity contribution in [2.45, 2.75) is 6.10 Å². The Balaban J connectivity index is 2.09. The summed E-state index contributed by atoms with van der Waals surface area (Å²) in [5.41, 5.74) is 1.84. The molecular formula is C14H12BrNO. The van der Waals surface area contributed by atoms with Gasteiger partial charge in [-0.05, 0) is 29.3 Å². The molecule has 0 aliphatic carbocycles. The zero-order valence-electron chi connectivity index (χ0n) is 9.12. The van der Waals surface area contributed by atoms with E-state index in [9.17, 15) is 5.11 Å². The van der Waals surface area contributed by atoms with E-state index in [1.807, 2.05) is 42.5 Å². The lowest BCUT2D eigenvalue weighted by atomic mass is 10.1. The molecule has 0 radical (unpaired) electrons. The molecule has 0 fully saturated rings. The maximum absolute atomic E-state index is 9.95. The summed E-state index contributed by atoms with van der Waals surface area (Å²) >= 11 is 3.36. The van der Waals surface area contributed by atoms with Crippen molar-refractivity contribution < 1.29 is 5.11 Å². The molecule has 0 saturated heterocycles. The van der Waals surface area contributed by atoms with Gasteiger partial charge in [-0.15, -0.1) is 0 Å². The number of aliphatic hydroxyl groups excluding tert-OH is 1. The maximum atomic E-state index is 9.95. The van der Waals surface area contributed by atoms with Crippen LogP contribution in [-0.4, -0.2) is 10.1 Å². The molecule has 1 atom stereocenters. The van der Waals surface area contributed by atoms with Crippen molar-refractivity contribution in [1.82, 2.24) is 4.98 Å². The van der Waals surface area contributed by atoms with Crippen molar-refractivity contribution in [2.75, 3.05) is 0 Å². The SMILES string of the molecule is OC(/C=C/c1cccnc1)c1ccc(Br)cc1. The van der Waals surface area contributed by atoms with Crippen LogP contribution in [0.1, 0.15) is 17.2 Å². The van der Waals surface area contributed by atoms with Gasteiger partial charge in [0.2, 0.25) is 0 Å². The molecule has 0 bridgehead atoms. The quantitative estimate of drug-likeness (QED) is 0.937. The van der Waals surface area contributed by atoms with Gasteiger partial charge in [-0.1, -0.05) is 46.3 Å². The summed E-state index contributed by atoms with van der Waals surface area (Å²) < 4.78 is 1.00. The molecule has 2 rings (SSSR count). The van der Waals surface area contributed by atoms with Gasteiger partial charge in [0.25, 0.3) is 0 Å². The van der Waals surface area contributed by atoms with E-state index in [1.165, 1.54) is 0 Å². The van der Waals surface area contributed by atoms with Crippen LogP contribution in [-0.2, 0) is 0 Å². The summed E-state index contributed by atoms with van der Waals surface area (Å²) in [7, 11) is 0. The minimum Gasteiger partial charge on any atom is -0.384 e. The van der Waals surface area contributed by atoms with Crippen LogP contribution < -0.4 is 0 Å². The molecule has 0 aliphatic heterocycles. The van der Waals surface area contributed by atoms with Gasteiger partial charge in [-0.2, -0.15) is 0 Å². The Bertz CT molecular complexity index is 493. The number of halogens is 1. The number of hydrogen-bond acceptors (Lipinski definition) is 2. The molecular weight excluding hydrogens is 278 g/mol. The molecule has 0 spiro atoms. The van der Waals surface area contributed by atoms with Crippen molar-refractivity contribution in [3.63, 3.8) is 0 Å². The Morgan fingerprint density at radius 2 is 1.94 bits per heavy atom. The summed E-state index contributed by atoms with van der Waals surface area (Å²) in [6.07, 6.45) is 6.50. The number of aliphatic hydroxyl groups is 1. The smallest absolute Gasteiger partial charge is 0.0975 e. The van der Waals surface area contributed by atoms with Crippen molar-refractivity contribution >= 4 is 22.0 Å². The van der Waals surface area contributed by atoms with Crippen LogP contribution in [0.5, 0.6) is 0 Å². The second kappa shape index (κ2) is 5.75. The minimum absolute atomic E-state index is 0.594. The third-order valence-corrected chi connectivity index (χ3v) is 2.90. The Kier molecular flexibility index (Phi) is 4.07. The molecule has 3 heteroatoms. The Morgan fingerprint density at radius 1 is 1.18 bits per heavy atom. The number of hydrogen-bond donors (Lipinski definition) is 1. The van der Waals surface area contributed by atoms with Crippen LogP contribution in [0.2, 0.25) is 0 Å². The van der Waals surface area contributed by atoms with E-state index in [0.717, 1.165) is 15.6 Å². The highest BCUT2D eigenvalue weighted by molar-refractivity contribution is 9.10. The van der Waals surface area contributed by atoms with Gasteiger partial charge in [-0.25, -0.2) is 0 Å². The molecule has 86 valence electrons. The van der Waals surface area contributed by atoms with Crippen molar-refractivity contribution in [1.29, 1.82) is 0 Å². The first kappa shape index (κ1) is 12.0. The standard InChI is InChI=1S/C14H12BrNO/c15-13-6-4-12(5-7-13)14(17)8-3-11-2-1-9-16-10-11/h1-10,14,17H/b8-3+. The molecule has 1 aromatic carbocycles. The van der Waals surface area contributed by atoms with Crippen molar-refractivity contribution in [2.24, 2.45) is 0 Å². The highest BCUT2D eigenvalue weighted by Crippen LogP contribution is 2.18. The fourth-order valence-corrected chi connectivity index (χ4v) is 1.71. The Hall–Kier alpha value is -1.45. The summed E-state index contributed by atoms with van der Waals surface area (Å²) in [5.74, 6) is 0. The van der Waals surface area contributed by atoms with Gasteiger partial charge in [0.15, 0.2) is 0 Å². The van der Waals surface area contributed by atoms with E-state index in [0.29, 0.717) is 0 Å². The highest BCUT2D eigenvalue weighted by atomic mass is 79.9. The summed E-state index contributed by atoms with van der Waals surface area (Å²) in [4.78, 5) is 4.01. The Morgan fingerprint density at radius 3 is 2.59 bits per heavy atom. The predicted octanol–water partition coefficient (Wildman–Crippen LogP) is 3.59. The van der Waals surface area contributed by atoms with E-state index < -0.39 is 6.10 Å². The molecule has 0 amide bonds. The van der Waals surface area contributed by atoms with Crippen LogP contribution in [0.4, 0.5) is 0 Å². The zero-order valence-corrected chi connectivity index (χ0v) is 10.7. The van der Waals surface area contributed by atoms with E-state index in [1.54, 1.807) is 18.5 Å². The molecule has 1 aromatic heterocycles. The van der Waals surface area contributed by atoms with E-state index >= 15 is 0 Å². The van der Waals surface area contributed by atoms with Gasteiger partial charge < -0.3 is 5.11 Å². The molecule has 2 nitrogen and oxygen atoms in total. The molecule has 0 saturated carbocycles. The van der Waals surface area contributed by atoms with Crippen molar-refractivity contribution in [3.05, 3.63) is 70.5 Å². The lowest BCUT2D eigenvalue weighted by Crippen LogP contribution is -1.92. The van der Waals surface area contributed by atoms with E-state index in [2.05, 4.69) is 20.9 Å². The molecule has 1 unspecified atom stereocenters. The van der Waals surface area contributed by atoms with E-state index in [4.69, 9.17) is 0 Å². The van der Waals surface area contributed by atoms with Crippen molar-refractivity contribution in [3.8, 4) is 0 Å². The van der Waals surface area contributed by atoms with Crippen LogP contribution in [0, 0.1) is 0 Å². The lowest BCUT2D eigenvalue weighted by molar-refractivity contribution is 0.229. The number of benzene rings is 1. The first-order valence-corrected chi connectivity index (χ1v) is 6.07. The molecule has 2 aromatic rings. The van der Waals surface area contributed by atoms with Crippen LogP contribution >= 0.6 is 15.9 Å². The second-order valence-electron chi connectivity index (χ2n) is 3.64. The predicted molar refractivity (Wildman–Crippen MR) is 72.4 cm³/mol. The van der Waals surface area contributed by atoms with Crippen LogP contribution in [0.25, 0.3) is 6.08 Å². The van der Waals surface area contributed by atoms with E-state index in [-0.39, 0.29) is 0 Å². The van der Waals surface area contributed by atoms with Gasteiger partial charge in [0, 0.05) is 16.9 Å². The second-order valence-corrected chi connectivity index (χ2v) is 4.56. The fourth-order valence-electron chi connectivity index (χ4n) is 1.45. The average Bonchev–Trinajstić information content (AvgIpc) is 2.38. The first-order chi connectivity index (χ1) is 8.25. The first-order valence-electron chi connectivity index (χ1n) is 5.27. The molecule has 0 aliphatic rings. The summed E-state index contributed by atoms with van der Waals surface area (Å²) in [5, 5.41) is 9.95. The number of nitrogens with zero attached hydrogens (tertiary/aromatic N) is 1. The Labute approximate surface area is 109 Å². The minimum atomic E-state index is -0.594. The summed E-state index contributed by atoms with van der Waals surface area (Å²) in [6, 6.07) is 11.4. The largest absolute Gasteiger partial charge is 0.384 e. The number of aromatic nitrogens is 1. The average molecular weight is 290 g/mol. The summed E-state index contributed by atoms with van der Waals surface area (Å²) in [6.45, 7) is 0. The topological polar surface area (TPSA) is 33.1 Å². The molecule has 1 heterocycles. The van der Waals surface area contributed by atoms with Gasteiger partial charge >= 0.3 is 0 Å². The molecule has 1 N–H and O–H groups in total. The third kappa shape index (κ3) is 3.51. The fraction of sp³-hybridized carbons (Fsp3) is 0.0714. The number of pyridine rings is 1. The zero-order chi connectivity index (χ0) is 12.1. The van der Waals surface area contributed by atoms with Gasteiger partial charge in [0.05, 0.1) is 6.10 Å². The lowest BCUT2D eigenvalue weighted by Gasteiger charge is -2.05. The highest BCUT2D eigenvalue weighted by Gasteiger charge is 2.02. The van der Waals surface area contributed by atoms with Crippen LogP contribution in [0.15, 0.2) is 59.3 Å². The van der Waals surface area contributed by atoms with Gasteiger partial charge in [0.1, 0.15) is 0 Å². The molecule has 17 heavy (non-hydrogen) atoms. The maximum Gasteiger partial charge on any atom is 0.0975 e. The normalized spacial score (nSPS) is 12.8. The van der Waals surface area contributed by atoms with Gasteiger partial charge in [-0.3, -0.25) is 4.98 Å². The third-order valence-electron chi connectivity index (χ3n) is 2.37. The number of rotatable bonds is 3.